The highest BCUT2D eigenvalue weighted by atomic mass is 32.3. The van der Waals surface area contributed by atoms with E-state index in [0.29, 0.717) is 0 Å². The Morgan fingerprint density at radius 2 is 1.30 bits per heavy atom. The molecule has 0 aliphatic carbocycles. The van der Waals surface area contributed by atoms with Gasteiger partial charge in [-0.05, 0) is 6.07 Å². The fraction of sp³-hybridized carbons (Fsp3) is 0.250. The summed E-state index contributed by atoms with van der Waals surface area (Å²) < 4.78 is 119. The number of hydrogen-bond donors (Lipinski definition) is 0. The molecular formula is C8H4F6O4S2. The van der Waals surface area contributed by atoms with Crippen LogP contribution >= 0.6 is 0 Å². The number of halogens is 6. The van der Waals surface area contributed by atoms with Crippen LogP contribution in [0.2, 0.25) is 0 Å². The zero-order chi connectivity index (χ0) is 15.9. The fourth-order valence-electron chi connectivity index (χ4n) is 1.08. The van der Waals surface area contributed by atoms with Crippen molar-refractivity contribution in [2.45, 2.75) is 10.4 Å². The Hall–Kier alpha value is -1.30. The van der Waals surface area contributed by atoms with E-state index in [1.54, 1.807) is 0 Å². The van der Waals surface area contributed by atoms with Crippen LogP contribution in [0.1, 0.15) is 0 Å². The van der Waals surface area contributed by atoms with E-state index in [9.17, 15) is 43.2 Å². The number of alkyl halides is 3. The van der Waals surface area contributed by atoms with Crippen LogP contribution in [0.4, 0.5) is 26.3 Å². The lowest BCUT2D eigenvalue weighted by Gasteiger charge is -2.09. The monoisotopic (exact) mass is 342 g/mol. The second-order valence-electron chi connectivity index (χ2n) is 3.49. The third-order valence-corrected chi connectivity index (χ3v) is 6.14. The molecule has 0 heterocycles. The highest BCUT2D eigenvalue weighted by Crippen LogP contribution is 2.28. The van der Waals surface area contributed by atoms with Crippen LogP contribution in [0.3, 0.4) is 0 Å². The lowest BCUT2D eigenvalue weighted by atomic mass is 10.3. The maximum atomic E-state index is 13.1. The standard InChI is InChI=1S/C8H4F6O4S2/c9-4-1-6(11)7(2-5(4)10)19(15,16)3-20(17,18)8(12,13)14/h1-2H,3H2. The lowest BCUT2D eigenvalue weighted by Crippen LogP contribution is -2.30. The Morgan fingerprint density at radius 3 is 1.75 bits per heavy atom. The van der Waals surface area contributed by atoms with Crippen LogP contribution in [0.5, 0.6) is 0 Å². The molecule has 1 aromatic rings. The molecule has 114 valence electrons. The minimum atomic E-state index is -6.11. The summed E-state index contributed by atoms with van der Waals surface area (Å²) in [5, 5.41) is -2.51. The number of rotatable bonds is 3. The molecule has 20 heavy (non-hydrogen) atoms. The first-order valence-electron chi connectivity index (χ1n) is 4.44. The van der Waals surface area contributed by atoms with E-state index in [1.165, 1.54) is 0 Å². The van der Waals surface area contributed by atoms with Gasteiger partial charge in [-0.3, -0.25) is 0 Å². The van der Waals surface area contributed by atoms with Gasteiger partial charge >= 0.3 is 5.51 Å². The highest BCUT2D eigenvalue weighted by Gasteiger charge is 2.48. The first-order valence-corrected chi connectivity index (χ1v) is 7.75. The van der Waals surface area contributed by atoms with Gasteiger partial charge in [-0.25, -0.2) is 30.0 Å². The smallest absolute Gasteiger partial charge is 0.223 e. The third kappa shape index (κ3) is 3.23. The third-order valence-electron chi connectivity index (χ3n) is 1.97. The van der Waals surface area contributed by atoms with E-state index >= 15 is 0 Å². The SMILES string of the molecule is O=S(=O)(CS(=O)(=O)C(F)(F)F)c1cc(F)c(F)cc1F. The topological polar surface area (TPSA) is 68.3 Å². The zero-order valence-electron chi connectivity index (χ0n) is 9.08. The molecular weight excluding hydrogens is 338 g/mol. The Kier molecular flexibility index (Phi) is 4.11. The first-order chi connectivity index (χ1) is 8.78. The van der Waals surface area contributed by atoms with Crippen LogP contribution in [0.15, 0.2) is 17.0 Å². The Morgan fingerprint density at radius 1 is 0.850 bits per heavy atom. The van der Waals surface area contributed by atoms with Gasteiger partial charge in [0.05, 0.1) is 0 Å². The molecule has 0 spiro atoms. The van der Waals surface area contributed by atoms with Crippen LogP contribution < -0.4 is 0 Å². The van der Waals surface area contributed by atoms with E-state index in [1.807, 2.05) is 0 Å². The molecule has 0 atom stereocenters. The van der Waals surface area contributed by atoms with Crippen LogP contribution in [-0.4, -0.2) is 27.4 Å². The number of hydrogen-bond acceptors (Lipinski definition) is 4. The van der Waals surface area contributed by atoms with Crippen molar-refractivity contribution in [1.29, 1.82) is 0 Å². The molecule has 1 rings (SSSR count). The second-order valence-corrected chi connectivity index (χ2v) is 7.79. The Labute approximate surface area is 108 Å². The van der Waals surface area contributed by atoms with E-state index in [4.69, 9.17) is 0 Å². The Bertz CT molecular complexity index is 735. The average molecular weight is 342 g/mol. The minimum absolute atomic E-state index is 0.220. The largest absolute Gasteiger partial charge is 0.498 e. The van der Waals surface area contributed by atoms with Crippen molar-refractivity contribution < 1.29 is 43.2 Å². The van der Waals surface area contributed by atoms with E-state index in [-0.39, 0.29) is 12.1 Å². The summed E-state index contributed by atoms with van der Waals surface area (Å²) in [6.07, 6.45) is 0. The van der Waals surface area contributed by atoms with Crippen molar-refractivity contribution in [3.63, 3.8) is 0 Å². The average Bonchev–Trinajstić information content (AvgIpc) is 2.19. The summed E-state index contributed by atoms with van der Waals surface area (Å²) in [5.74, 6) is -5.53. The van der Waals surface area contributed by atoms with Gasteiger partial charge in [0.1, 0.15) is 10.7 Å². The van der Waals surface area contributed by atoms with Crippen molar-refractivity contribution in [2.24, 2.45) is 0 Å². The summed E-state index contributed by atoms with van der Waals surface area (Å²) >= 11 is 0. The van der Waals surface area contributed by atoms with Crippen molar-refractivity contribution in [3.05, 3.63) is 29.6 Å². The molecule has 0 fully saturated rings. The normalized spacial score (nSPS) is 13.5. The molecule has 0 bridgehead atoms. The van der Waals surface area contributed by atoms with Gasteiger partial charge in [-0.2, -0.15) is 13.2 Å². The highest BCUT2D eigenvalue weighted by molar-refractivity contribution is 8.08. The fourth-order valence-corrected chi connectivity index (χ4v) is 4.39. The molecule has 12 heteroatoms. The van der Waals surface area contributed by atoms with Gasteiger partial charge in [0.25, 0.3) is 9.84 Å². The van der Waals surface area contributed by atoms with E-state index in [2.05, 4.69) is 0 Å². The van der Waals surface area contributed by atoms with Gasteiger partial charge in [0.15, 0.2) is 26.6 Å². The molecule has 1 aromatic carbocycles. The molecule has 4 nitrogen and oxygen atoms in total. The van der Waals surface area contributed by atoms with Gasteiger partial charge in [0, 0.05) is 6.07 Å². The zero-order valence-corrected chi connectivity index (χ0v) is 10.7. The van der Waals surface area contributed by atoms with Crippen LogP contribution in [-0.2, 0) is 19.7 Å². The van der Waals surface area contributed by atoms with Gasteiger partial charge in [-0.15, -0.1) is 0 Å². The van der Waals surface area contributed by atoms with Crippen LogP contribution in [0.25, 0.3) is 0 Å². The summed E-state index contributed by atoms with van der Waals surface area (Å²) in [7, 11) is -11.5. The summed E-state index contributed by atoms with van der Waals surface area (Å²) in [5.41, 5.74) is -5.88. The maximum absolute atomic E-state index is 13.1. The summed E-state index contributed by atoms with van der Waals surface area (Å²) in [4.78, 5) is -1.68. The predicted molar refractivity (Wildman–Crippen MR) is 53.3 cm³/mol. The second kappa shape index (κ2) is 4.91. The summed E-state index contributed by atoms with van der Waals surface area (Å²) in [6, 6.07) is -0.450. The van der Waals surface area contributed by atoms with Crippen molar-refractivity contribution >= 4 is 19.7 Å². The van der Waals surface area contributed by atoms with Gasteiger partial charge < -0.3 is 0 Å². The molecule has 0 aliphatic heterocycles. The van der Waals surface area contributed by atoms with Crippen molar-refractivity contribution in [2.75, 3.05) is 5.08 Å². The molecule has 0 saturated carbocycles. The maximum Gasteiger partial charge on any atom is 0.498 e. The van der Waals surface area contributed by atoms with E-state index < -0.39 is 52.6 Å². The minimum Gasteiger partial charge on any atom is -0.223 e. The molecule has 0 aliphatic rings. The quantitative estimate of drug-likeness (QED) is 0.477. The molecule has 0 radical (unpaired) electrons. The molecule has 0 aromatic heterocycles. The van der Waals surface area contributed by atoms with E-state index in [0.717, 1.165) is 0 Å². The summed E-state index contributed by atoms with van der Waals surface area (Å²) in [6.45, 7) is 0. The molecule has 0 amide bonds. The number of sulfone groups is 2. The lowest BCUT2D eigenvalue weighted by molar-refractivity contribution is -0.0431. The predicted octanol–water partition coefficient (Wildman–Crippen LogP) is 1.77. The van der Waals surface area contributed by atoms with Crippen molar-refractivity contribution in [1.82, 2.24) is 0 Å². The molecule has 0 saturated heterocycles. The Balaban J connectivity index is 3.37. The molecule has 0 N–H and O–H groups in total. The van der Waals surface area contributed by atoms with Crippen molar-refractivity contribution in [3.8, 4) is 0 Å². The number of benzene rings is 1. The van der Waals surface area contributed by atoms with Gasteiger partial charge in [0.2, 0.25) is 0 Å². The van der Waals surface area contributed by atoms with Crippen LogP contribution in [0, 0.1) is 17.5 Å². The van der Waals surface area contributed by atoms with Gasteiger partial charge in [-0.1, -0.05) is 0 Å². The first kappa shape index (κ1) is 16.8. The molecule has 0 unspecified atom stereocenters.